The Morgan fingerprint density at radius 1 is 1.15 bits per heavy atom. The number of nitrogens with zero attached hydrogens (tertiary/aromatic N) is 3. The number of hydrogen-bond donors (Lipinski definition) is 1. The van der Waals surface area contributed by atoms with Gasteiger partial charge in [-0.1, -0.05) is 17.3 Å². The molecule has 0 saturated heterocycles. The second-order valence-corrected chi connectivity index (χ2v) is 6.96. The van der Waals surface area contributed by atoms with Crippen LogP contribution in [0.5, 0.6) is 0 Å². The van der Waals surface area contributed by atoms with Crippen molar-refractivity contribution in [3.05, 3.63) is 35.7 Å². The van der Waals surface area contributed by atoms with Crippen LogP contribution in [-0.2, 0) is 11.0 Å². The lowest BCUT2D eigenvalue weighted by molar-refractivity contribution is -0.159. The molecule has 2 aromatic rings. The number of carbonyl (C=O) groups excluding carboxylic acids is 2. The van der Waals surface area contributed by atoms with E-state index >= 15 is 0 Å². The molecular weight excluding hydrogens is 365 g/mol. The van der Waals surface area contributed by atoms with Crippen molar-refractivity contribution in [2.24, 2.45) is 0 Å². The molecule has 1 aromatic carbocycles. The maximum absolute atomic E-state index is 12.5. The van der Waals surface area contributed by atoms with Crippen molar-refractivity contribution in [1.29, 1.82) is 0 Å². The van der Waals surface area contributed by atoms with Crippen molar-refractivity contribution >= 4 is 11.8 Å². The van der Waals surface area contributed by atoms with Gasteiger partial charge in [0.1, 0.15) is 0 Å². The van der Waals surface area contributed by atoms with Crippen molar-refractivity contribution in [1.82, 2.24) is 20.4 Å². The molecule has 7 nitrogen and oxygen atoms in total. The standard InChI is InChI=1S/C17H19F3N4O3/c1-16(2,3)22-12(25)9-24(4)14(26)11-7-5-10(6-8-11)13-21-15(27-23-13)17(18,19)20/h5-8H,9H2,1-4H3,(H,22,25). The average molecular weight is 384 g/mol. The smallest absolute Gasteiger partial charge is 0.350 e. The van der Waals surface area contributed by atoms with Gasteiger partial charge in [0, 0.05) is 23.7 Å². The molecule has 2 rings (SSSR count). The van der Waals surface area contributed by atoms with E-state index in [1.165, 1.54) is 36.2 Å². The molecule has 0 unspecified atom stereocenters. The molecule has 0 spiro atoms. The minimum absolute atomic E-state index is 0.127. The van der Waals surface area contributed by atoms with Gasteiger partial charge in [0.2, 0.25) is 11.7 Å². The molecule has 146 valence electrons. The molecule has 0 aliphatic heterocycles. The zero-order valence-corrected chi connectivity index (χ0v) is 15.2. The van der Waals surface area contributed by atoms with Gasteiger partial charge in [-0.15, -0.1) is 0 Å². The monoisotopic (exact) mass is 384 g/mol. The van der Waals surface area contributed by atoms with E-state index in [9.17, 15) is 22.8 Å². The Morgan fingerprint density at radius 3 is 2.22 bits per heavy atom. The summed E-state index contributed by atoms with van der Waals surface area (Å²) in [6, 6.07) is 5.64. The van der Waals surface area contributed by atoms with Gasteiger partial charge in [0.25, 0.3) is 5.91 Å². The van der Waals surface area contributed by atoms with E-state index in [0.29, 0.717) is 0 Å². The van der Waals surface area contributed by atoms with Crippen LogP contribution in [0.15, 0.2) is 28.8 Å². The Morgan fingerprint density at radius 2 is 1.74 bits per heavy atom. The van der Waals surface area contributed by atoms with E-state index in [-0.39, 0.29) is 29.4 Å². The quantitative estimate of drug-likeness (QED) is 0.876. The number of alkyl halides is 3. The molecule has 1 heterocycles. The number of carbonyl (C=O) groups is 2. The van der Waals surface area contributed by atoms with Gasteiger partial charge in [-0.05, 0) is 32.9 Å². The second kappa shape index (κ2) is 7.37. The fraction of sp³-hybridized carbons (Fsp3) is 0.412. The van der Waals surface area contributed by atoms with E-state index in [1.54, 1.807) is 0 Å². The molecule has 0 aliphatic rings. The average Bonchev–Trinajstić information content (AvgIpc) is 3.02. The number of nitrogens with one attached hydrogen (secondary N) is 1. The lowest BCUT2D eigenvalue weighted by Gasteiger charge is -2.23. The van der Waals surface area contributed by atoms with Gasteiger partial charge in [-0.2, -0.15) is 18.2 Å². The topological polar surface area (TPSA) is 88.3 Å². The summed E-state index contributed by atoms with van der Waals surface area (Å²) < 4.78 is 41.7. The summed E-state index contributed by atoms with van der Waals surface area (Å²) in [7, 11) is 1.48. The third kappa shape index (κ3) is 5.53. The van der Waals surface area contributed by atoms with Gasteiger partial charge in [-0.3, -0.25) is 9.59 Å². The molecule has 0 saturated carbocycles. The molecule has 0 bridgehead atoms. The highest BCUT2D eigenvalue weighted by Gasteiger charge is 2.38. The number of benzene rings is 1. The first kappa shape index (κ1) is 20.4. The van der Waals surface area contributed by atoms with E-state index in [4.69, 9.17) is 0 Å². The van der Waals surface area contributed by atoms with Gasteiger partial charge >= 0.3 is 12.1 Å². The number of hydrogen-bond acceptors (Lipinski definition) is 5. The van der Waals surface area contributed by atoms with E-state index in [1.807, 2.05) is 20.8 Å². The summed E-state index contributed by atoms with van der Waals surface area (Å²) in [6.45, 7) is 5.35. The van der Waals surface area contributed by atoms with E-state index < -0.39 is 23.5 Å². The van der Waals surface area contributed by atoms with E-state index in [0.717, 1.165) is 0 Å². The third-order valence-electron chi connectivity index (χ3n) is 3.30. The lowest BCUT2D eigenvalue weighted by atomic mass is 10.1. The molecule has 10 heteroatoms. The summed E-state index contributed by atoms with van der Waals surface area (Å²) in [6.07, 6.45) is -4.72. The normalized spacial score (nSPS) is 12.0. The Balaban J connectivity index is 2.07. The number of amides is 2. The highest BCUT2D eigenvalue weighted by molar-refractivity contribution is 5.96. The number of halogens is 3. The zero-order chi connectivity index (χ0) is 20.4. The summed E-state index contributed by atoms with van der Waals surface area (Å²) in [5.41, 5.74) is 0.117. The van der Waals surface area contributed by atoms with Crippen LogP contribution in [0.25, 0.3) is 11.4 Å². The summed E-state index contributed by atoms with van der Waals surface area (Å²) in [5, 5.41) is 6.03. The Hall–Kier alpha value is -2.91. The van der Waals surface area contributed by atoms with Crippen molar-refractivity contribution in [2.75, 3.05) is 13.6 Å². The van der Waals surface area contributed by atoms with Crippen LogP contribution >= 0.6 is 0 Å². The zero-order valence-electron chi connectivity index (χ0n) is 15.2. The minimum atomic E-state index is -4.72. The second-order valence-electron chi connectivity index (χ2n) is 6.96. The molecule has 1 N–H and O–H groups in total. The van der Waals surface area contributed by atoms with Crippen LogP contribution in [0.3, 0.4) is 0 Å². The van der Waals surface area contributed by atoms with Crippen LogP contribution < -0.4 is 5.32 Å². The highest BCUT2D eigenvalue weighted by Crippen LogP contribution is 2.29. The maximum Gasteiger partial charge on any atom is 0.471 e. The Labute approximate surface area is 153 Å². The van der Waals surface area contributed by atoms with Crippen LogP contribution in [0.4, 0.5) is 13.2 Å². The van der Waals surface area contributed by atoms with Gasteiger partial charge in [0.15, 0.2) is 0 Å². The predicted molar refractivity (Wildman–Crippen MR) is 89.6 cm³/mol. The van der Waals surface area contributed by atoms with Gasteiger partial charge in [-0.25, -0.2) is 0 Å². The van der Waals surface area contributed by atoms with Crippen LogP contribution in [-0.4, -0.2) is 46.0 Å². The van der Waals surface area contributed by atoms with Crippen molar-refractivity contribution in [3.8, 4) is 11.4 Å². The summed E-state index contributed by atoms with van der Waals surface area (Å²) >= 11 is 0. The van der Waals surface area contributed by atoms with Crippen molar-refractivity contribution < 1.29 is 27.3 Å². The lowest BCUT2D eigenvalue weighted by Crippen LogP contribution is -2.46. The van der Waals surface area contributed by atoms with E-state index in [2.05, 4.69) is 20.0 Å². The van der Waals surface area contributed by atoms with Crippen LogP contribution in [0.1, 0.15) is 37.0 Å². The number of likely N-dealkylation sites (N-methyl/N-ethyl adjacent to an activating group) is 1. The fourth-order valence-corrected chi connectivity index (χ4v) is 2.18. The number of rotatable bonds is 4. The minimum Gasteiger partial charge on any atom is -0.350 e. The molecule has 0 radical (unpaired) electrons. The molecular formula is C17H19F3N4O3. The molecule has 0 atom stereocenters. The SMILES string of the molecule is CN(CC(=O)NC(C)(C)C)C(=O)c1ccc(-c2noc(C(F)(F)F)n2)cc1. The summed E-state index contributed by atoms with van der Waals surface area (Å²) in [5.74, 6) is -2.39. The van der Waals surface area contributed by atoms with Gasteiger partial charge in [0.05, 0.1) is 6.54 Å². The first-order chi connectivity index (χ1) is 12.4. The first-order valence-electron chi connectivity index (χ1n) is 7.94. The van der Waals surface area contributed by atoms with Crippen molar-refractivity contribution in [2.45, 2.75) is 32.5 Å². The molecule has 1 aromatic heterocycles. The Kier molecular flexibility index (Phi) is 5.57. The first-order valence-corrected chi connectivity index (χ1v) is 7.94. The largest absolute Gasteiger partial charge is 0.471 e. The third-order valence-corrected chi connectivity index (χ3v) is 3.30. The highest BCUT2D eigenvalue weighted by atomic mass is 19.4. The fourth-order valence-electron chi connectivity index (χ4n) is 2.18. The molecule has 0 fully saturated rings. The Bertz CT molecular complexity index is 823. The predicted octanol–water partition coefficient (Wildman–Crippen LogP) is 2.74. The maximum atomic E-state index is 12.5. The molecule has 2 amide bonds. The van der Waals surface area contributed by atoms with Crippen molar-refractivity contribution in [3.63, 3.8) is 0 Å². The van der Waals surface area contributed by atoms with Crippen LogP contribution in [0, 0.1) is 0 Å². The van der Waals surface area contributed by atoms with Gasteiger partial charge < -0.3 is 14.7 Å². The van der Waals surface area contributed by atoms with Crippen LogP contribution in [0.2, 0.25) is 0 Å². The molecule has 0 aliphatic carbocycles. The number of aromatic nitrogens is 2. The molecule has 27 heavy (non-hydrogen) atoms. The summed E-state index contributed by atoms with van der Waals surface area (Å²) in [4.78, 5) is 28.8.